The third kappa shape index (κ3) is 4.56. The zero-order valence-electron chi connectivity index (χ0n) is 18.9. The van der Waals surface area contributed by atoms with Gasteiger partial charge in [-0.3, -0.25) is 9.80 Å². The molecule has 31 heavy (non-hydrogen) atoms. The number of piperidine rings is 1. The van der Waals surface area contributed by atoms with E-state index in [9.17, 15) is 10.5 Å². The number of rotatable bonds is 5. The van der Waals surface area contributed by atoms with E-state index in [4.69, 9.17) is 0 Å². The SMILES string of the molecule is CC(N1CCN(C2CCN(Cc3ccccc3)CC2)C1=C(C#N)C#N)N1CCC[C@H]1C. The van der Waals surface area contributed by atoms with Gasteiger partial charge < -0.3 is 9.80 Å². The first-order valence-electron chi connectivity index (χ1n) is 11.7. The summed E-state index contributed by atoms with van der Waals surface area (Å²) in [5, 5.41) is 19.4. The topological polar surface area (TPSA) is 60.5 Å². The van der Waals surface area contributed by atoms with Gasteiger partial charge in [-0.1, -0.05) is 30.3 Å². The van der Waals surface area contributed by atoms with Crippen molar-refractivity contribution in [1.82, 2.24) is 19.6 Å². The summed E-state index contributed by atoms with van der Waals surface area (Å²) in [6, 6.07) is 16.0. The number of hydrogen-bond acceptors (Lipinski definition) is 6. The van der Waals surface area contributed by atoms with Crippen LogP contribution >= 0.6 is 0 Å². The third-order valence-corrected chi connectivity index (χ3v) is 7.36. The second kappa shape index (κ2) is 9.73. The molecule has 4 rings (SSSR count). The van der Waals surface area contributed by atoms with Crippen molar-refractivity contribution in [2.75, 3.05) is 32.7 Å². The van der Waals surface area contributed by atoms with E-state index in [0.717, 1.165) is 57.9 Å². The molecule has 0 spiro atoms. The molecule has 3 aliphatic heterocycles. The molecule has 2 atom stereocenters. The second-order valence-electron chi connectivity index (χ2n) is 9.16. The number of benzene rings is 1. The van der Waals surface area contributed by atoms with Crippen LogP contribution in [0, 0.1) is 22.7 Å². The van der Waals surface area contributed by atoms with E-state index in [-0.39, 0.29) is 11.7 Å². The zero-order valence-corrected chi connectivity index (χ0v) is 18.9. The van der Waals surface area contributed by atoms with Gasteiger partial charge in [0.25, 0.3) is 0 Å². The van der Waals surface area contributed by atoms with Crippen LogP contribution in [0.1, 0.15) is 45.1 Å². The zero-order chi connectivity index (χ0) is 21.8. The fraction of sp³-hybridized carbons (Fsp3) is 0.600. The average molecular weight is 419 g/mol. The minimum atomic E-state index is 0.215. The van der Waals surface area contributed by atoms with Crippen LogP contribution in [0.5, 0.6) is 0 Å². The molecular formula is C25H34N6. The van der Waals surface area contributed by atoms with E-state index in [1.54, 1.807) is 0 Å². The average Bonchev–Trinajstić information content (AvgIpc) is 3.42. The molecule has 1 unspecified atom stereocenters. The number of nitriles is 2. The molecule has 3 saturated heterocycles. The van der Waals surface area contributed by atoms with Crippen LogP contribution < -0.4 is 0 Å². The van der Waals surface area contributed by atoms with Gasteiger partial charge >= 0.3 is 0 Å². The van der Waals surface area contributed by atoms with Crippen LogP contribution in [0.3, 0.4) is 0 Å². The van der Waals surface area contributed by atoms with Crippen LogP contribution in [0.25, 0.3) is 0 Å². The van der Waals surface area contributed by atoms with E-state index in [1.165, 1.54) is 18.4 Å². The van der Waals surface area contributed by atoms with Gasteiger partial charge in [-0.25, -0.2) is 0 Å². The predicted octanol–water partition coefficient (Wildman–Crippen LogP) is 3.36. The molecule has 0 amide bonds. The summed E-state index contributed by atoms with van der Waals surface area (Å²) in [5.41, 5.74) is 1.63. The van der Waals surface area contributed by atoms with Crippen molar-refractivity contribution in [1.29, 1.82) is 10.5 Å². The van der Waals surface area contributed by atoms with Gasteiger partial charge in [0, 0.05) is 51.4 Å². The van der Waals surface area contributed by atoms with Gasteiger partial charge in [0.15, 0.2) is 5.57 Å². The van der Waals surface area contributed by atoms with E-state index >= 15 is 0 Å². The van der Waals surface area contributed by atoms with Crippen molar-refractivity contribution >= 4 is 0 Å². The molecule has 3 fully saturated rings. The van der Waals surface area contributed by atoms with Crippen LogP contribution in [0.2, 0.25) is 0 Å². The van der Waals surface area contributed by atoms with Gasteiger partial charge in [0.2, 0.25) is 0 Å². The van der Waals surface area contributed by atoms with Crippen molar-refractivity contribution in [3.8, 4) is 12.1 Å². The Morgan fingerprint density at radius 1 is 1.00 bits per heavy atom. The van der Waals surface area contributed by atoms with Crippen molar-refractivity contribution < 1.29 is 0 Å². The minimum absolute atomic E-state index is 0.215. The molecule has 3 heterocycles. The highest BCUT2D eigenvalue weighted by atomic mass is 15.5. The molecule has 3 aliphatic rings. The maximum absolute atomic E-state index is 9.72. The lowest BCUT2D eigenvalue weighted by Crippen LogP contribution is -2.48. The molecule has 6 nitrogen and oxygen atoms in total. The Kier molecular flexibility index (Phi) is 6.80. The lowest BCUT2D eigenvalue weighted by Gasteiger charge is -2.41. The molecule has 0 N–H and O–H groups in total. The Bertz CT molecular complexity index is 842. The van der Waals surface area contributed by atoms with Gasteiger partial charge in [0.1, 0.15) is 18.0 Å². The monoisotopic (exact) mass is 418 g/mol. The van der Waals surface area contributed by atoms with Crippen LogP contribution in [0.15, 0.2) is 41.7 Å². The molecule has 1 aromatic rings. The first-order chi connectivity index (χ1) is 15.1. The fourth-order valence-electron chi connectivity index (χ4n) is 5.64. The fourth-order valence-corrected chi connectivity index (χ4v) is 5.64. The summed E-state index contributed by atoms with van der Waals surface area (Å²) >= 11 is 0. The van der Waals surface area contributed by atoms with Gasteiger partial charge in [-0.05, 0) is 45.1 Å². The van der Waals surface area contributed by atoms with Crippen LogP contribution in [0.4, 0.5) is 0 Å². The lowest BCUT2D eigenvalue weighted by atomic mass is 10.0. The Morgan fingerprint density at radius 3 is 2.32 bits per heavy atom. The Hall–Kier alpha value is -2.54. The lowest BCUT2D eigenvalue weighted by molar-refractivity contribution is 0.0742. The van der Waals surface area contributed by atoms with Crippen LogP contribution in [-0.2, 0) is 6.54 Å². The molecule has 164 valence electrons. The summed E-state index contributed by atoms with van der Waals surface area (Å²) in [4.78, 5) is 9.74. The summed E-state index contributed by atoms with van der Waals surface area (Å²) < 4.78 is 0. The molecule has 1 aromatic carbocycles. The Morgan fingerprint density at radius 2 is 1.71 bits per heavy atom. The first-order valence-corrected chi connectivity index (χ1v) is 11.7. The third-order valence-electron chi connectivity index (χ3n) is 7.36. The van der Waals surface area contributed by atoms with E-state index in [0.29, 0.717) is 12.1 Å². The minimum Gasteiger partial charge on any atom is -0.352 e. The highest BCUT2D eigenvalue weighted by Gasteiger charge is 2.39. The Labute approximate surface area is 186 Å². The van der Waals surface area contributed by atoms with Crippen molar-refractivity contribution in [3.05, 3.63) is 47.3 Å². The maximum atomic E-state index is 9.72. The second-order valence-corrected chi connectivity index (χ2v) is 9.16. The van der Waals surface area contributed by atoms with Gasteiger partial charge in [-0.15, -0.1) is 0 Å². The molecule has 0 bridgehead atoms. The summed E-state index contributed by atoms with van der Waals surface area (Å²) in [7, 11) is 0. The molecule has 0 aliphatic carbocycles. The summed E-state index contributed by atoms with van der Waals surface area (Å²) in [6.45, 7) is 10.5. The van der Waals surface area contributed by atoms with E-state index < -0.39 is 0 Å². The van der Waals surface area contributed by atoms with Crippen molar-refractivity contribution in [3.63, 3.8) is 0 Å². The molecular weight excluding hydrogens is 384 g/mol. The highest BCUT2D eigenvalue weighted by Crippen LogP contribution is 2.33. The standard InChI is InChI=1S/C25H34N6/c1-20-7-6-12-29(20)21(2)30-15-16-31(25(30)23(17-26)18-27)24-10-13-28(14-11-24)19-22-8-4-3-5-9-22/h3-5,8-9,20-21,24H,6-7,10-16,19H2,1-2H3/t20-,21?/m1/s1. The summed E-state index contributed by atoms with van der Waals surface area (Å²) in [6.07, 6.45) is 4.81. The normalized spacial score (nSPS) is 24.3. The predicted molar refractivity (Wildman–Crippen MR) is 121 cm³/mol. The van der Waals surface area contributed by atoms with Gasteiger partial charge in [-0.2, -0.15) is 10.5 Å². The van der Waals surface area contributed by atoms with Crippen molar-refractivity contribution in [2.24, 2.45) is 0 Å². The highest BCUT2D eigenvalue weighted by molar-refractivity contribution is 5.40. The smallest absolute Gasteiger partial charge is 0.169 e. The van der Waals surface area contributed by atoms with E-state index in [2.05, 4.69) is 75.9 Å². The summed E-state index contributed by atoms with van der Waals surface area (Å²) in [5.74, 6) is 0.873. The number of allylic oxidation sites excluding steroid dienone is 1. The Balaban J connectivity index is 1.46. The quantitative estimate of drug-likeness (QED) is 0.684. The molecule has 0 saturated carbocycles. The number of nitrogens with zero attached hydrogens (tertiary/aromatic N) is 6. The molecule has 6 heteroatoms. The maximum Gasteiger partial charge on any atom is 0.169 e. The first kappa shape index (κ1) is 21.7. The molecule has 0 aromatic heterocycles. The van der Waals surface area contributed by atoms with Crippen molar-refractivity contribution in [2.45, 2.75) is 64.3 Å². The van der Waals surface area contributed by atoms with Gasteiger partial charge in [0.05, 0.1) is 6.17 Å². The largest absolute Gasteiger partial charge is 0.352 e. The van der Waals surface area contributed by atoms with Crippen LogP contribution in [-0.4, -0.2) is 70.6 Å². The number of likely N-dealkylation sites (tertiary alicyclic amines) is 2. The van der Waals surface area contributed by atoms with E-state index in [1.807, 2.05) is 0 Å². The molecule has 0 radical (unpaired) electrons. The number of hydrogen-bond donors (Lipinski definition) is 0.